The van der Waals surface area contributed by atoms with Crippen molar-refractivity contribution in [3.05, 3.63) is 35.7 Å². The largest absolute Gasteiger partial charge is 0.273 e. The average molecular weight is 323 g/mol. The highest BCUT2D eigenvalue weighted by atomic mass is 32.2. The van der Waals surface area contributed by atoms with Crippen LogP contribution in [0.3, 0.4) is 0 Å². The second kappa shape index (κ2) is 5.17. The van der Waals surface area contributed by atoms with Crippen molar-refractivity contribution in [2.24, 2.45) is 7.05 Å². The summed E-state index contributed by atoms with van der Waals surface area (Å²) in [6.07, 6.45) is 0. The molecule has 0 aliphatic heterocycles. The molecule has 0 aliphatic carbocycles. The number of rotatable bonds is 4. The first-order valence-corrected chi connectivity index (χ1v) is 8.39. The molecule has 0 bridgehead atoms. The van der Waals surface area contributed by atoms with Gasteiger partial charge in [-0.1, -0.05) is 6.07 Å². The number of sulfonamides is 1. The van der Waals surface area contributed by atoms with Crippen LogP contribution in [0.1, 0.15) is 11.4 Å². The van der Waals surface area contributed by atoms with Gasteiger partial charge in [0.2, 0.25) is 10.0 Å². The zero-order valence-electron chi connectivity index (χ0n) is 11.4. The third-order valence-corrected chi connectivity index (χ3v) is 5.12. The zero-order valence-corrected chi connectivity index (χ0v) is 13.1. The molecule has 0 unspecified atom stereocenters. The first-order chi connectivity index (χ1) is 9.97. The van der Waals surface area contributed by atoms with Gasteiger partial charge in [0.1, 0.15) is 15.9 Å². The molecule has 0 radical (unpaired) electrons. The summed E-state index contributed by atoms with van der Waals surface area (Å²) in [6, 6.07) is 6.76. The third-order valence-electron chi connectivity index (χ3n) is 3.15. The van der Waals surface area contributed by atoms with E-state index in [1.165, 1.54) is 6.07 Å². The molecule has 0 saturated heterocycles. The van der Waals surface area contributed by atoms with E-state index in [4.69, 9.17) is 0 Å². The second-order valence-corrected chi connectivity index (χ2v) is 6.88. The SMILES string of the molecule is Cc1cc(CNS(=O)(=O)c2cccc3nsnc23)nn1C. The average Bonchev–Trinajstić information content (AvgIpc) is 3.03. The highest BCUT2D eigenvalue weighted by Gasteiger charge is 2.19. The maximum Gasteiger partial charge on any atom is 0.243 e. The topological polar surface area (TPSA) is 89.8 Å². The van der Waals surface area contributed by atoms with Gasteiger partial charge in [0.15, 0.2) is 0 Å². The van der Waals surface area contributed by atoms with Gasteiger partial charge in [-0.25, -0.2) is 13.1 Å². The Labute approximate surface area is 126 Å². The highest BCUT2D eigenvalue weighted by Crippen LogP contribution is 2.21. The van der Waals surface area contributed by atoms with Crippen LogP contribution >= 0.6 is 11.7 Å². The van der Waals surface area contributed by atoms with E-state index in [1.54, 1.807) is 16.8 Å². The summed E-state index contributed by atoms with van der Waals surface area (Å²) in [5.41, 5.74) is 2.61. The van der Waals surface area contributed by atoms with Crippen molar-refractivity contribution in [3.8, 4) is 0 Å². The predicted octanol–water partition coefficient (Wildman–Crippen LogP) is 1.21. The number of nitrogens with one attached hydrogen (secondary N) is 1. The maximum atomic E-state index is 12.4. The van der Waals surface area contributed by atoms with E-state index in [0.29, 0.717) is 16.7 Å². The highest BCUT2D eigenvalue weighted by molar-refractivity contribution is 7.89. The fourth-order valence-corrected chi connectivity index (χ4v) is 3.73. The predicted molar refractivity (Wildman–Crippen MR) is 79.4 cm³/mol. The molecule has 21 heavy (non-hydrogen) atoms. The first-order valence-electron chi connectivity index (χ1n) is 6.18. The minimum atomic E-state index is -3.65. The molecule has 3 rings (SSSR count). The van der Waals surface area contributed by atoms with Crippen LogP contribution in [0.5, 0.6) is 0 Å². The van der Waals surface area contributed by atoms with Gasteiger partial charge in [0, 0.05) is 12.7 Å². The number of nitrogens with zero attached hydrogens (tertiary/aromatic N) is 4. The van der Waals surface area contributed by atoms with E-state index in [9.17, 15) is 8.42 Å². The van der Waals surface area contributed by atoms with E-state index in [1.807, 2.05) is 20.0 Å². The van der Waals surface area contributed by atoms with Crippen molar-refractivity contribution in [1.29, 1.82) is 0 Å². The molecule has 0 amide bonds. The lowest BCUT2D eigenvalue weighted by atomic mass is 10.3. The summed E-state index contributed by atoms with van der Waals surface area (Å²) in [6.45, 7) is 2.05. The molecular weight excluding hydrogens is 310 g/mol. The Hall–Kier alpha value is -1.84. The number of aryl methyl sites for hydroxylation is 2. The molecule has 1 aromatic carbocycles. The van der Waals surface area contributed by atoms with E-state index < -0.39 is 10.0 Å². The van der Waals surface area contributed by atoms with Gasteiger partial charge >= 0.3 is 0 Å². The first kappa shape index (κ1) is 14.1. The standard InChI is InChI=1S/C12H13N5O2S2/c1-8-6-9(14-17(8)2)7-13-21(18,19)11-5-3-4-10-12(11)16-20-15-10/h3-6,13H,7H2,1-2H3. The molecule has 110 valence electrons. The van der Waals surface area contributed by atoms with Crippen molar-refractivity contribution in [2.75, 3.05) is 0 Å². The Morgan fingerprint density at radius 1 is 1.33 bits per heavy atom. The molecule has 2 aromatic heterocycles. The van der Waals surface area contributed by atoms with E-state index >= 15 is 0 Å². The fourth-order valence-electron chi connectivity index (χ4n) is 1.97. The molecule has 2 heterocycles. The summed E-state index contributed by atoms with van der Waals surface area (Å²) in [5, 5.41) is 4.22. The second-order valence-electron chi connectivity index (χ2n) is 4.61. The van der Waals surface area contributed by atoms with Crippen LogP contribution in [0.25, 0.3) is 11.0 Å². The lowest BCUT2D eigenvalue weighted by Gasteiger charge is -2.05. The Bertz CT molecular complexity index is 878. The quantitative estimate of drug-likeness (QED) is 0.779. The Kier molecular flexibility index (Phi) is 3.47. The van der Waals surface area contributed by atoms with Crippen LogP contribution in [0.4, 0.5) is 0 Å². The minimum Gasteiger partial charge on any atom is -0.273 e. The van der Waals surface area contributed by atoms with Gasteiger partial charge in [-0.3, -0.25) is 4.68 Å². The van der Waals surface area contributed by atoms with Gasteiger partial charge in [-0.2, -0.15) is 13.8 Å². The Morgan fingerprint density at radius 3 is 2.86 bits per heavy atom. The van der Waals surface area contributed by atoms with E-state index in [0.717, 1.165) is 17.4 Å². The summed E-state index contributed by atoms with van der Waals surface area (Å²) < 4.78 is 37.1. The number of hydrogen-bond donors (Lipinski definition) is 1. The molecule has 1 N–H and O–H groups in total. The summed E-state index contributed by atoms with van der Waals surface area (Å²) in [7, 11) is -1.84. The van der Waals surface area contributed by atoms with Crippen LogP contribution in [0, 0.1) is 6.92 Å². The van der Waals surface area contributed by atoms with Crippen molar-refractivity contribution in [2.45, 2.75) is 18.4 Å². The summed E-state index contributed by atoms with van der Waals surface area (Å²) in [5.74, 6) is 0. The summed E-state index contributed by atoms with van der Waals surface area (Å²) in [4.78, 5) is 0.140. The molecule has 3 aromatic rings. The van der Waals surface area contributed by atoms with Gasteiger partial charge in [-0.15, -0.1) is 0 Å². The number of aromatic nitrogens is 4. The monoisotopic (exact) mass is 323 g/mol. The van der Waals surface area contributed by atoms with Crippen molar-refractivity contribution in [1.82, 2.24) is 23.2 Å². The third kappa shape index (κ3) is 2.67. The molecule has 0 aliphatic rings. The van der Waals surface area contributed by atoms with Crippen LogP contribution in [-0.4, -0.2) is 26.9 Å². The van der Waals surface area contributed by atoms with Crippen molar-refractivity contribution in [3.63, 3.8) is 0 Å². The number of fused-ring (bicyclic) bond motifs is 1. The van der Waals surface area contributed by atoms with Gasteiger partial charge < -0.3 is 0 Å². The molecule has 9 heteroatoms. The van der Waals surface area contributed by atoms with Crippen LogP contribution < -0.4 is 4.72 Å². The molecule has 7 nitrogen and oxygen atoms in total. The van der Waals surface area contributed by atoms with Crippen molar-refractivity contribution < 1.29 is 8.42 Å². The van der Waals surface area contributed by atoms with Crippen LogP contribution in [0.2, 0.25) is 0 Å². The van der Waals surface area contributed by atoms with E-state index in [2.05, 4.69) is 18.6 Å². The molecule has 0 fully saturated rings. The number of hydrogen-bond acceptors (Lipinski definition) is 6. The Morgan fingerprint density at radius 2 is 2.14 bits per heavy atom. The fraction of sp³-hybridized carbons (Fsp3) is 0.250. The van der Waals surface area contributed by atoms with Crippen molar-refractivity contribution >= 4 is 32.8 Å². The minimum absolute atomic E-state index is 0.137. The Balaban J connectivity index is 1.88. The van der Waals surface area contributed by atoms with Crippen LogP contribution in [-0.2, 0) is 23.6 Å². The van der Waals surface area contributed by atoms with E-state index in [-0.39, 0.29) is 11.4 Å². The van der Waals surface area contributed by atoms with Gasteiger partial charge in [0.25, 0.3) is 0 Å². The zero-order chi connectivity index (χ0) is 15.0. The maximum absolute atomic E-state index is 12.4. The summed E-state index contributed by atoms with van der Waals surface area (Å²) >= 11 is 0.995. The van der Waals surface area contributed by atoms with Gasteiger partial charge in [-0.05, 0) is 25.1 Å². The lowest BCUT2D eigenvalue weighted by molar-refractivity contribution is 0.580. The van der Waals surface area contributed by atoms with Gasteiger partial charge in [0.05, 0.1) is 24.0 Å². The normalized spacial score (nSPS) is 12.1. The lowest BCUT2D eigenvalue weighted by Crippen LogP contribution is -2.23. The molecular formula is C12H13N5O2S2. The van der Waals surface area contributed by atoms with Crippen LogP contribution in [0.15, 0.2) is 29.2 Å². The molecule has 0 spiro atoms. The molecule has 0 saturated carbocycles. The molecule has 0 atom stereocenters. The smallest absolute Gasteiger partial charge is 0.243 e. The number of benzene rings is 1.